The van der Waals surface area contributed by atoms with E-state index in [4.69, 9.17) is 21.1 Å². The van der Waals surface area contributed by atoms with Gasteiger partial charge in [-0.2, -0.15) is 0 Å². The molecule has 6 nitrogen and oxygen atoms in total. The molecule has 1 aliphatic rings. The second-order valence-corrected chi connectivity index (χ2v) is 6.32. The Labute approximate surface area is 153 Å². The van der Waals surface area contributed by atoms with Gasteiger partial charge < -0.3 is 19.9 Å². The van der Waals surface area contributed by atoms with Gasteiger partial charge in [0.25, 0.3) is 0 Å². The van der Waals surface area contributed by atoms with Crippen LogP contribution in [-0.4, -0.2) is 34.4 Å². The molecule has 0 amide bonds. The molecule has 2 aromatic carbocycles. The fourth-order valence-corrected chi connectivity index (χ4v) is 2.94. The summed E-state index contributed by atoms with van der Waals surface area (Å²) in [5, 5.41) is 14.0. The number of ether oxygens (including phenoxy) is 2. The van der Waals surface area contributed by atoms with E-state index in [2.05, 4.69) is 15.3 Å². The topological polar surface area (TPSA) is 76.5 Å². The molecule has 0 radical (unpaired) electrons. The number of nitrogens with one attached hydrogen (secondary N) is 1. The zero-order valence-corrected chi connectivity index (χ0v) is 14.3. The predicted molar refractivity (Wildman–Crippen MR) is 95.7 cm³/mol. The van der Waals surface area contributed by atoms with Crippen LogP contribution in [-0.2, 0) is 4.74 Å². The van der Waals surface area contributed by atoms with Crippen LogP contribution >= 0.6 is 11.6 Å². The van der Waals surface area contributed by atoms with Gasteiger partial charge in [-0.1, -0.05) is 11.6 Å². The van der Waals surface area contributed by atoms with Crippen LogP contribution in [0.15, 0.2) is 36.7 Å². The average Bonchev–Trinajstić information content (AvgIpc) is 3.13. The lowest BCUT2D eigenvalue weighted by Gasteiger charge is -2.15. The highest BCUT2D eigenvalue weighted by Crippen LogP contribution is 2.35. The van der Waals surface area contributed by atoms with Crippen LogP contribution < -0.4 is 10.1 Å². The van der Waals surface area contributed by atoms with Crippen LogP contribution in [0, 0.1) is 5.82 Å². The summed E-state index contributed by atoms with van der Waals surface area (Å²) in [6, 6.07) is 7.47. The Balaban J connectivity index is 1.67. The van der Waals surface area contributed by atoms with Gasteiger partial charge in [0.05, 0.1) is 23.8 Å². The molecular formula is C18H15ClFN3O3. The number of hydrogen-bond acceptors (Lipinski definition) is 6. The number of anilines is 2. The molecule has 0 unspecified atom stereocenters. The Kier molecular flexibility index (Phi) is 4.48. The number of hydrogen-bond donors (Lipinski definition) is 2. The zero-order valence-electron chi connectivity index (χ0n) is 13.6. The number of phenolic OH excluding ortho intramolecular Hbond substituents is 1. The van der Waals surface area contributed by atoms with Crippen molar-refractivity contribution >= 4 is 34.0 Å². The van der Waals surface area contributed by atoms with Crippen LogP contribution in [0.25, 0.3) is 10.9 Å². The van der Waals surface area contributed by atoms with Crippen LogP contribution in [0.3, 0.4) is 0 Å². The number of halogens is 2. The minimum Gasteiger partial charge on any atom is -0.504 e. The van der Waals surface area contributed by atoms with E-state index >= 15 is 0 Å². The normalized spacial score (nSPS) is 16.8. The van der Waals surface area contributed by atoms with Crippen molar-refractivity contribution in [3.63, 3.8) is 0 Å². The van der Waals surface area contributed by atoms with Gasteiger partial charge in [-0.05, 0) is 24.3 Å². The molecule has 0 saturated carbocycles. The molecule has 0 spiro atoms. The highest BCUT2D eigenvalue weighted by Gasteiger charge is 2.20. The zero-order chi connectivity index (χ0) is 18.1. The minimum atomic E-state index is -0.500. The molecule has 1 fully saturated rings. The molecule has 134 valence electrons. The number of aromatic hydroxyl groups is 1. The summed E-state index contributed by atoms with van der Waals surface area (Å²) in [5.74, 6) is 0.297. The van der Waals surface area contributed by atoms with Crippen molar-refractivity contribution in [2.75, 3.05) is 18.5 Å². The molecule has 3 aromatic rings. The maximum Gasteiger partial charge on any atom is 0.163 e. The number of aromatic nitrogens is 2. The Hall–Kier alpha value is -2.64. The van der Waals surface area contributed by atoms with Crippen molar-refractivity contribution in [3.05, 3.63) is 47.5 Å². The first-order valence-corrected chi connectivity index (χ1v) is 8.42. The summed E-state index contributed by atoms with van der Waals surface area (Å²) < 4.78 is 24.4. The minimum absolute atomic E-state index is 0.00526. The maximum atomic E-state index is 13.3. The van der Waals surface area contributed by atoms with Gasteiger partial charge in [0.2, 0.25) is 0 Å². The molecule has 1 saturated heterocycles. The lowest BCUT2D eigenvalue weighted by molar-refractivity contribution is 0.139. The summed E-state index contributed by atoms with van der Waals surface area (Å²) in [5.41, 5.74) is 1.17. The van der Waals surface area contributed by atoms with Gasteiger partial charge in [0.15, 0.2) is 11.5 Å². The third-order valence-electron chi connectivity index (χ3n) is 4.08. The highest BCUT2D eigenvalue weighted by molar-refractivity contribution is 6.31. The smallest absolute Gasteiger partial charge is 0.163 e. The summed E-state index contributed by atoms with van der Waals surface area (Å²) in [7, 11) is 0. The molecule has 1 aliphatic heterocycles. The van der Waals surface area contributed by atoms with Gasteiger partial charge in [-0.3, -0.25) is 0 Å². The molecule has 2 heterocycles. The number of phenols is 1. The van der Waals surface area contributed by atoms with E-state index in [0.717, 1.165) is 6.42 Å². The van der Waals surface area contributed by atoms with E-state index in [9.17, 15) is 9.50 Å². The molecule has 2 N–H and O–H groups in total. The second kappa shape index (κ2) is 6.93. The van der Waals surface area contributed by atoms with Crippen LogP contribution in [0.1, 0.15) is 6.42 Å². The summed E-state index contributed by atoms with van der Waals surface area (Å²) in [4.78, 5) is 8.43. The molecule has 8 heteroatoms. The first-order chi connectivity index (χ1) is 12.6. The van der Waals surface area contributed by atoms with E-state index in [0.29, 0.717) is 41.4 Å². The Morgan fingerprint density at radius 1 is 1.27 bits per heavy atom. The molecule has 0 bridgehead atoms. The predicted octanol–water partition coefficient (Wildman–Crippen LogP) is 4.04. The Morgan fingerprint density at radius 3 is 2.92 bits per heavy atom. The standard InChI is InChI=1S/C18H15ClFN3O3/c19-13-5-10(1-2-14(13)20)23-18-12-6-16(24)17(7-15(12)21-9-22-18)26-11-3-4-25-8-11/h1-2,5-7,9,11,24H,3-4,8H2,(H,21,22,23)/t11-/m1/s1. The third kappa shape index (κ3) is 3.36. The monoisotopic (exact) mass is 375 g/mol. The lowest BCUT2D eigenvalue weighted by Crippen LogP contribution is -2.15. The summed E-state index contributed by atoms with van der Waals surface area (Å²) in [6.45, 7) is 1.15. The van der Waals surface area contributed by atoms with Crippen molar-refractivity contribution < 1.29 is 19.0 Å². The number of benzene rings is 2. The molecule has 1 aromatic heterocycles. The number of rotatable bonds is 4. The maximum absolute atomic E-state index is 13.3. The molecule has 4 rings (SSSR count). The molecule has 1 atom stereocenters. The van der Waals surface area contributed by atoms with Crippen molar-refractivity contribution in [1.29, 1.82) is 0 Å². The number of nitrogens with zero attached hydrogens (tertiary/aromatic N) is 2. The fourth-order valence-electron chi connectivity index (χ4n) is 2.76. The average molecular weight is 376 g/mol. The molecule has 26 heavy (non-hydrogen) atoms. The van der Waals surface area contributed by atoms with Crippen LogP contribution in [0.5, 0.6) is 11.5 Å². The molecule has 0 aliphatic carbocycles. The Bertz CT molecular complexity index is 964. The van der Waals surface area contributed by atoms with Crippen LogP contribution in [0.2, 0.25) is 5.02 Å². The fraction of sp³-hybridized carbons (Fsp3) is 0.222. The summed E-state index contributed by atoms with van der Waals surface area (Å²) in [6.07, 6.45) is 2.09. The van der Waals surface area contributed by atoms with Gasteiger partial charge >= 0.3 is 0 Å². The van der Waals surface area contributed by atoms with E-state index < -0.39 is 5.82 Å². The van der Waals surface area contributed by atoms with Gasteiger partial charge in [-0.15, -0.1) is 0 Å². The first kappa shape index (κ1) is 16.8. The molecular weight excluding hydrogens is 361 g/mol. The van der Waals surface area contributed by atoms with Crippen LogP contribution in [0.4, 0.5) is 15.9 Å². The van der Waals surface area contributed by atoms with Gasteiger partial charge in [-0.25, -0.2) is 14.4 Å². The van der Waals surface area contributed by atoms with Gasteiger partial charge in [0.1, 0.15) is 24.1 Å². The van der Waals surface area contributed by atoms with E-state index in [-0.39, 0.29) is 16.9 Å². The largest absolute Gasteiger partial charge is 0.504 e. The van der Waals surface area contributed by atoms with Crippen molar-refractivity contribution in [3.8, 4) is 11.5 Å². The SMILES string of the molecule is Oc1cc2c(Nc3ccc(F)c(Cl)c3)ncnc2cc1O[C@@H]1CCOC1. The Morgan fingerprint density at radius 2 is 2.15 bits per heavy atom. The quantitative estimate of drug-likeness (QED) is 0.716. The van der Waals surface area contributed by atoms with Crippen molar-refractivity contribution in [2.45, 2.75) is 12.5 Å². The van der Waals surface area contributed by atoms with E-state index in [1.165, 1.54) is 24.5 Å². The van der Waals surface area contributed by atoms with Crippen molar-refractivity contribution in [1.82, 2.24) is 9.97 Å². The van der Waals surface area contributed by atoms with E-state index in [1.807, 2.05) is 0 Å². The first-order valence-electron chi connectivity index (χ1n) is 8.04. The highest BCUT2D eigenvalue weighted by atomic mass is 35.5. The van der Waals surface area contributed by atoms with Gasteiger partial charge in [0, 0.05) is 23.6 Å². The second-order valence-electron chi connectivity index (χ2n) is 5.92. The van der Waals surface area contributed by atoms with Crippen molar-refractivity contribution in [2.24, 2.45) is 0 Å². The third-order valence-corrected chi connectivity index (χ3v) is 4.37. The number of fused-ring (bicyclic) bond motifs is 1. The summed E-state index contributed by atoms with van der Waals surface area (Å²) >= 11 is 5.81. The van der Waals surface area contributed by atoms with E-state index in [1.54, 1.807) is 12.1 Å². The lowest BCUT2D eigenvalue weighted by atomic mass is 10.2.